The highest BCUT2D eigenvalue weighted by atomic mass is 31.2. The molecule has 0 amide bonds. The molecule has 0 aromatic carbocycles. The molecule has 0 aliphatic rings. The van der Waals surface area contributed by atoms with Gasteiger partial charge in [-0.05, 0) is 116 Å². The lowest BCUT2D eigenvalue weighted by molar-refractivity contribution is -0.161. The van der Waals surface area contributed by atoms with E-state index in [4.69, 9.17) is 24.3 Å². The lowest BCUT2D eigenvalue weighted by atomic mass is 10.0. The van der Waals surface area contributed by atoms with E-state index in [0.717, 1.165) is 116 Å². The molecule has 2 unspecified atom stereocenters. The molecule has 2 atom stereocenters. The maximum absolute atomic E-state index is 12.8. The standard InChI is InChI=1S/C91H158NO8P/c1-3-5-7-9-11-13-15-17-19-21-23-25-27-29-31-33-35-37-39-41-43-44-46-48-50-52-54-56-58-60-62-64-66-68-70-72-74-76-78-80-82-84-91(94)100-89(88-99-101(95,96)98-86-85-92)87-97-90(93)83-81-79-77-75-73-71-69-67-65-63-61-59-57-55-53-51-49-47-45-42-40-38-36-34-32-30-28-26-24-22-20-18-16-14-12-10-8-6-4-2/h5-8,11-14,17-20,23-26,29,31,35,37,41,43,46,48,89H,3-4,9-10,15-16,21-22,27-28,30,32-34,36,38-40,42,44-45,47,49-88,92H2,1-2H3,(H,95,96)/b7-5-,8-6-,13-11-,14-12-,19-17-,20-18-,25-23-,26-24-,31-29-,37-35-,43-41-,48-46-. The van der Waals surface area contributed by atoms with Gasteiger partial charge in [0.15, 0.2) is 6.10 Å². The van der Waals surface area contributed by atoms with Gasteiger partial charge in [0.1, 0.15) is 6.61 Å². The van der Waals surface area contributed by atoms with E-state index < -0.39 is 26.5 Å². The van der Waals surface area contributed by atoms with Gasteiger partial charge in [0.25, 0.3) is 0 Å². The molecular formula is C91H158NO8P. The van der Waals surface area contributed by atoms with Crippen molar-refractivity contribution in [1.82, 2.24) is 0 Å². The topological polar surface area (TPSA) is 134 Å². The predicted octanol–water partition coefficient (Wildman–Crippen LogP) is 28.9. The van der Waals surface area contributed by atoms with Crippen LogP contribution in [0.3, 0.4) is 0 Å². The maximum Gasteiger partial charge on any atom is 0.472 e. The Morgan fingerprint density at radius 1 is 0.297 bits per heavy atom. The van der Waals surface area contributed by atoms with Gasteiger partial charge in [0.05, 0.1) is 13.2 Å². The van der Waals surface area contributed by atoms with E-state index in [-0.39, 0.29) is 38.6 Å². The second kappa shape index (κ2) is 84.8. The van der Waals surface area contributed by atoms with Gasteiger partial charge in [0.2, 0.25) is 0 Å². The van der Waals surface area contributed by atoms with Gasteiger partial charge in [0, 0.05) is 19.4 Å². The zero-order valence-electron chi connectivity index (χ0n) is 65.6. The Morgan fingerprint density at radius 3 is 0.762 bits per heavy atom. The van der Waals surface area contributed by atoms with Crippen LogP contribution >= 0.6 is 7.82 Å². The number of phosphoric acid groups is 1. The summed E-state index contributed by atoms with van der Waals surface area (Å²) in [5.74, 6) is -0.814. The van der Waals surface area contributed by atoms with E-state index in [1.54, 1.807) is 0 Å². The van der Waals surface area contributed by atoms with E-state index in [1.807, 2.05) is 0 Å². The molecule has 0 spiro atoms. The molecule has 580 valence electrons. The van der Waals surface area contributed by atoms with E-state index in [9.17, 15) is 19.0 Å². The highest BCUT2D eigenvalue weighted by molar-refractivity contribution is 7.47. The highest BCUT2D eigenvalue weighted by Gasteiger charge is 2.26. The van der Waals surface area contributed by atoms with Crippen molar-refractivity contribution in [2.45, 2.75) is 392 Å². The minimum absolute atomic E-state index is 0.0512. The van der Waals surface area contributed by atoms with Crippen LogP contribution in [-0.2, 0) is 32.7 Å². The number of esters is 2. The van der Waals surface area contributed by atoms with Crippen molar-refractivity contribution < 1.29 is 37.6 Å². The normalized spacial score (nSPS) is 13.6. The van der Waals surface area contributed by atoms with E-state index >= 15 is 0 Å². The highest BCUT2D eigenvalue weighted by Crippen LogP contribution is 2.43. The molecule has 0 aliphatic carbocycles. The van der Waals surface area contributed by atoms with Crippen LogP contribution < -0.4 is 5.73 Å². The molecule has 3 N–H and O–H groups in total. The molecule has 9 nitrogen and oxygen atoms in total. The SMILES string of the molecule is CC/C=C\C/C=C\C/C=C\C/C=C\C/C=C\C/C=C\C/C=C\C/C=C\CCCCCCCCCCCCCCCCCCC(=O)OC(COC(=O)CCCCCCCCCCCCCCCCCCCCCCCCCCCC/C=C\C/C=C\C/C=C\C/C=C\CC)COP(=O)(O)OCCN. The second-order valence-corrected chi connectivity index (χ2v) is 29.4. The summed E-state index contributed by atoms with van der Waals surface area (Å²) >= 11 is 0. The number of carbonyl (C=O) groups is 2. The summed E-state index contributed by atoms with van der Waals surface area (Å²) in [6.45, 7) is 3.56. The van der Waals surface area contributed by atoms with Gasteiger partial charge in [-0.3, -0.25) is 18.6 Å². The van der Waals surface area contributed by atoms with Gasteiger partial charge in [-0.25, -0.2) is 4.57 Å². The molecule has 0 aromatic rings. The number of phosphoric ester groups is 1. The molecule has 10 heteroatoms. The number of hydrogen-bond donors (Lipinski definition) is 2. The van der Waals surface area contributed by atoms with Crippen molar-refractivity contribution in [3.63, 3.8) is 0 Å². The summed E-state index contributed by atoms with van der Waals surface area (Å²) in [7, 11) is -4.40. The van der Waals surface area contributed by atoms with Gasteiger partial charge in [-0.1, -0.05) is 404 Å². The average molecular weight is 1430 g/mol. The van der Waals surface area contributed by atoms with Crippen LogP contribution in [0, 0.1) is 0 Å². The van der Waals surface area contributed by atoms with Crippen molar-refractivity contribution in [1.29, 1.82) is 0 Å². The molecule has 0 aliphatic heterocycles. The number of ether oxygens (including phenoxy) is 2. The lowest BCUT2D eigenvalue weighted by Gasteiger charge is -2.19. The van der Waals surface area contributed by atoms with Crippen LogP contribution in [0.5, 0.6) is 0 Å². The van der Waals surface area contributed by atoms with Crippen LogP contribution in [0.25, 0.3) is 0 Å². The number of carbonyl (C=O) groups excluding carboxylic acids is 2. The quantitative estimate of drug-likeness (QED) is 0.0264. The van der Waals surface area contributed by atoms with Crippen molar-refractivity contribution >= 4 is 19.8 Å². The molecule has 0 heterocycles. The third-order valence-electron chi connectivity index (χ3n) is 18.2. The summed E-state index contributed by atoms with van der Waals surface area (Å²) in [5.41, 5.74) is 5.42. The zero-order valence-corrected chi connectivity index (χ0v) is 66.5. The third kappa shape index (κ3) is 84.7. The molecule has 0 aromatic heterocycles. The van der Waals surface area contributed by atoms with Gasteiger partial charge in [-0.15, -0.1) is 0 Å². The Hall–Kier alpha value is -4.11. The van der Waals surface area contributed by atoms with Crippen LogP contribution in [0.1, 0.15) is 386 Å². The molecule has 0 radical (unpaired) electrons. The van der Waals surface area contributed by atoms with Gasteiger partial charge < -0.3 is 20.1 Å². The fourth-order valence-electron chi connectivity index (χ4n) is 12.1. The Bertz CT molecular complexity index is 2180. The molecule has 0 saturated carbocycles. The van der Waals surface area contributed by atoms with E-state index in [2.05, 4.69) is 160 Å². The molecule has 0 saturated heterocycles. The first-order valence-corrected chi connectivity index (χ1v) is 43.8. The van der Waals surface area contributed by atoms with Crippen LogP contribution in [0.15, 0.2) is 146 Å². The third-order valence-corrected chi connectivity index (χ3v) is 19.2. The summed E-state index contributed by atoms with van der Waals surface area (Å²) < 4.78 is 33.3. The average Bonchev–Trinajstić information content (AvgIpc) is 1.04. The number of hydrogen-bond acceptors (Lipinski definition) is 8. The summed E-state index contributed by atoms with van der Waals surface area (Å²) in [6, 6.07) is 0. The van der Waals surface area contributed by atoms with Crippen molar-refractivity contribution in [2.75, 3.05) is 26.4 Å². The largest absolute Gasteiger partial charge is 0.472 e. The van der Waals surface area contributed by atoms with Crippen LogP contribution in [0.2, 0.25) is 0 Å². The van der Waals surface area contributed by atoms with E-state index in [0.29, 0.717) is 6.42 Å². The molecule has 0 bridgehead atoms. The van der Waals surface area contributed by atoms with Crippen LogP contribution in [0.4, 0.5) is 0 Å². The van der Waals surface area contributed by atoms with Crippen molar-refractivity contribution in [3.05, 3.63) is 146 Å². The Balaban J connectivity index is 3.79. The molecule has 101 heavy (non-hydrogen) atoms. The van der Waals surface area contributed by atoms with Gasteiger partial charge >= 0.3 is 19.8 Å². The fourth-order valence-corrected chi connectivity index (χ4v) is 12.8. The first kappa shape index (κ1) is 96.9. The number of allylic oxidation sites excluding steroid dienone is 24. The summed E-state index contributed by atoms with van der Waals surface area (Å²) in [5, 5.41) is 0. The van der Waals surface area contributed by atoms with Crippen molar-refractivity contribution in [2.24, 2.45) is 5.73 Å². The summed E-state index contributed by atoms with van der Waals surface area (Å²) in [4.78, 5) is 35.5. The number of rotatable bonds is 79. The lowest BCUT2D eigenvalue weighted by Crippen LogP contribution is -2.29. The first-order chi connectivity index (χ1) is 49.8. The monoisotopic (exact) mass is 1420 g/mol. The minimum Gasteiger partial charge on any atom is -0.462 e. The minimum atomic E-state index is -4.40. The smallest absolute Gasteiger partial charge is 0.462 e. The molecule has 0 fully saturated rings. The predicted molar refractivity (Wildman–Crippen MR) is 440 cm³/mol. The van der Waals surface area contributed by atoms with Crippen LogP contribution in [-0.4, -0.2) is 49.3 Å². The number of unbranched alkanes of at least 4 members (excludes halogenated alkanes) is 42. The fraction of sp³-hybridized carbons (Fsp3) is 0.714. The Labute approximate surface area is 624 Å². The van der Waals surface area contributed by atoms with E-state index in [1.165, 1.54) is 238 Å². The zero-order chi connectivity index (χ0) is 72.9. The Kier molecular flexibility index (Phi) is 81.4. The summed E-state index contributed by atoms with van der Waals surface area (Å²) in [6.07, 6.45) is 123. The second-order valence-electron chi connectivity index (χ2n) is 27.9. The van der Waals surface area contributed by atoms with Crippen molar-refractivity contribution in [3.8, 4) is 0 Å². The van der Waals surface area contributed by atoms with Gasteiger partial charge in [-0.2, -0.15) is 0 Å². The molecular weight excluding hydrogens is 1270 g/mol. The first-order valence-electron chi connectivity index (χ1n) is 42.3. The number of nitrogens with two attached hydrogens (primary N) is 1. The Morgan fingerprint density at radius 2 is 0.515 bits per heavy atom. The molecule has 0 rings (SSSR count). The maximum atomic E-state index is 12.8.